The van der Waals surface area contributed by atoms with E-state index in [1.165, 1.54) is 0 Å². The summed E-state index contributed by atoms with van der Waals surface area (Å²) in [4.78, 5) is 6.17. The number of nitrogens with zero attached hydrogens (tertiary/aromatic N) is 4. The van der Waals surface area contributed by atoms with Crippen LogP contribution in [-0.2, 0) is 6.42 Å². The maximum Gasteiger partial charge on any atom is 0.142 e. The maximum absolute atomic E-state index is 9.50. The van der Waals surface area contributed by atoms with Crippen molar-refractivity contribution in [2.24, 2.45) is 0 Å². The van der Waals surface area contributed by atoms with Crippen molar-refractivity contribution in [2.45, 2.75) is 13.3 Å². The van der Waals surface area contributed by atoms with Gasteiger partial charge < -0.3 is 10.6 Å². The smallest absolute Gasteiger partial charge is 0.142 e. The quantitative estimate of drug-likeness (QED) is 0.939. The van der Waals surface area contributed by atoms with Crippen LogP contribution in [0.3, 0.4) is 0 Å². The zero-order valence-electron chi connectivity index (χ0n) is 12.9. The maximum atomic E-state index is 9.50. The highest BCUT2D eigenvalue weighted by atomic mass is 15.1. The fraction of sp³-hybridized carbons (Fsp3) is 0.235. The Morgan fingerprint density at radius 2 is 1.68 bits per heavy atom. The van der Waals surface area contributed by atoms with Gasteiger partial charge in [-0.3, -0.25) is 0 Å². The zero-order valence-corrected chi connectivity index (χ0v) is 12.9. The molecule has 1 aromatic carbocycles. The molecule has 0 aliphatic rings. The first-order valence-electron chi connectivity index (χ1n) is 6.93. The first-order chi connectivity index (χ1) is 10.5. The van der Waals surface area contributed by atoms with Crippen LogP contribution in [-0.4, -0.2) is 19.1 Å². The van der Waals surface area contributed by atoms with Gasteiger partial charge in [-0.05, 0) is 24.1 Å². The second kappa shape index (κ2) is 6.15. The van der Waals surface area contributed by atoms with Crippen molar-refractivity contribution in [3.05, 3.63) is 41.1 Å². The van der Waals surface area contributed by atoms with Crippen molar-refractivity contribution in [2.75, 3.05) is 24.7 Å². The predicted molar refractivity (Wildman–Crippen MR) is 87.2 cm³/mol. The van der Waals surface area contributed by atoms with Gasteiger partial charge in [-0.25, -0.2) is 4.98 Å². The molecular weight excluding hydrogens is 274 g/mol. The van der Waals surface area contributed by atoms with E-state index in [1.54, 1.807) is 0 Å². The van der Waals surface area contributed by atoms with E-state index in [4.69, 9.17) is 5.73 Å². The molecule has 2 N–H and O–H groups in total. The first kappa shape index (κ1) is 15.3. The molecule has 5 nitrogen and oxygen atoms in total. The van der Waals surface area contributed by atoms with Crippen molar-refractivity contribution in [3.63, 3.8) is 0 Å². The third kappa shape index (κ3) is 2.57. The molecule has 1 aromatic heterocycles. The number of rotatable bonds is 3. The number of nitrogens with two attached hydrogens (primary N) is 1. The van der Waals surface area contributed by atoms with Crippen LogP contribution in [0, 0.1) is 22.7 Å². The molecule has 0 atom stereocenters. The molecule has 0 amide bonds. The van der Waals surface area contributed by atoms with Gasteiger partial charge in [-0.2, -0.15) is 10.5 Å². The molecular formula is C17H17N5. The van der Waals surface area contributed by atoms with Crippen molar-refractivity contribution in [3.8, 4) is 23.3 Å². The van der Waals surface area contributed by atoms with E-state index in [9.17, 15) is 10.5 Å². The van der Waals surface area contributed by atoms with Gasteiger partial charge in [0.15, 0.2) is 0 Å². The number of hydrogen-bond acceptors (Lipinski definition) is 5. The molecule has 0 fully saturated rings. The molecule has 2 rings (SSSR count). The summed E-state index contributed by atoms with van der Waals surface area (Å²) in [7, 11) is 3.91. The van der Waals surface area contributed by atoms with E-state index in [0.717, 1.165) is 11.3 Å². The molecule has 2 aromatic rings. The minimum atomic E-state index is 0.171. The molecule has 0 unspecified atom stereocenters. The van der Waals surface area contributed by atoms with Gasteiger partial charge in [0, 0.05) is 25.3 Å². The van der Waals surface area contributed by atoms with Crippen LogP contribution in [0.4, 0.5) is 11.5 Å². The topological polar surface area (TPSA) is 89.7 Å². The van der Waals surface area contributed by atoms with Gasteiger partial charge in [0.1, 0.15) is 23.5 Å². The van der Waals surface area contributed by atoms with Crippen molar-refractivity contribution in [1.82, 2.24) is 4.98 Å². The van der Waals surface area contributed by atoms with E-state index in [0.29, 0.717) is 23.2 Å². The van der Waals surface area contributed by atoms with Crippen LogP contribution >= 0.6 is 0 Å². The molecule has 0 bridgehead atoms. The monoisotopic (exact) mass is 291 g/mol. The number of nitriles is 2. The van der Waals surface area contributed by atoms with Crippen LogP contribution in [0.25, 0.3) is 11.1 Å². The molecule has 0 saturated carbocycles. The Labute approximate surface area is 130 Å². The van der Waals surface area contributed by atoms with E-state index >= 15 is 0 Å². The van der Waals surface area contributed by atoms with Gasteiger partial charge in [-0.1, -0.05) is 19.1 Å². The Balaban J connectivity index is 2.75. The Bertz CT molecular complexity index is 777. The molecule has 0 aliphatic heterocycles. The highest BCUT2D eigenvalue weighted by Gasteiger charge is 2.19. The third-order valence-electron chi connectivity index (χ3n) is 3.53. The summed E-state index contributed by atoms with van der Waals surface area (Å²) in [5.41, 5.74) is 9.59. The molecule has 0 aliphatic carbocycles. The summed E-state index contributed by atoms with van der Waals surface area (Å²) >= 11 is 0. The second-order valence-corrected chi connectivity index (χ2v) is 5.09. The summed E-state index contributed by atoms with van der Waals surface area (Å²) in [5, 5.41) is 18.9. The molecule has 1 heterocycles. The van der Waals surface area contributed by atoms with Gasteiger partial charge in [0.2, 0.25) is 0 Å². The SMILES string of the molecule is CCc1nc(N)c(C#N)c(-c2ccc(N(C)C)cc2)c1C#N. The van der Waals surface area contributed by atoms with Crippen LogP contribution in [0.1, 0.15) is 23.7 Å². The lowest BCUT2D eigenvalue weighted by atomic mass is 9.94. The Morgan fingerprint density at radius 1 is 1.09 bits per heavy atom. The Kier molecular flexibility index (Phi) is 4.29. The fourth-order valence-corrected chi connectivity index (χ4v) is 2.36. The van der Waals surface area contributed by atoms with E-state index in [-0.39, 0.29) is 11.4 Å². The fourth-order valence-electron chi connectivity index (χ4n) is 2.36. The van der Waals surface area contributed by atoms with E-state index < -0.39 is 0 Å². The molecule has 0 radical (unpaired) electrons. The summed E-state index contributed by atoms with van der Waals surface area (Å²) < 4.78 is 0. The summed E-state index contributed by atoms with van der Waals surface area (Å²) in [5.74, 6) is 0.171. The van der Waals surface area contributed by atoms with Gasteiger partial charge in [-0.15, -0.1) is 0 Å². The third-order valence-corrected chi connectivity index (χ3v) is 3.53. The summed E-state index contributed by atoms with van der Waals surface area (Å²) in [6, 6.07) is 11.9. The summed E-state index contributed by atoms with van der Waals surface area (Å²) in [6.45, 7) is 1.91. The standard InChI is InChI=1S/C17H17N5/c1-4-15-13(9-18)16(14(10-19)17(20)21-15)11-5-7-12(8-6-11)22(2)3/h5-8H,4H2,1-3H3,(H2,20,21). The average molecular weight is 291 g/mol. The minimum Gasteiger partial charge on any atom is -0.383 e. The lowest BCUT2D eigenvalue weighted by Gasteiger charge is -2.15. The van der Waals surface area contributed by atoms with Crippen LogP contribution in [0.2, 0.25) is 0 Å². The molecule has 110 valence electrons. The van der Waals surface area contributed by atoms with Crippen LogP contribution in [0.5, 0.6) is 0 Å². The normalized spacial score (nSPS) is 9.86. The minimum absolute atomic E-state index is 0.171. The number of pyridine rings is 1. The number of hydrogen-bond donors (Lipinski definition) is 1. The highest BCUT2D eigenvalue weighted by Crippen LogP contribution is 2.32. The van der Waals surface area contributed by atoms with Gasteiger partial charge in [0.05, 0.1) is 11.3 Å². The summed E-state index contributed by atoms with van der Waals surface area (Å²) in [6.07, 6.45) is 0.585. The van der Waals surface area contributed by atoms with Crippen LogP contribution in [0.15, 0.2) is 24.3 Å². The van der Waals surface area contributed by atoms with Crippen molar-refractivity contribution in [1.29, 1.82) is 10.5 Å². The lowest BCUT2D eigenvalue weighted by molar-refractivity contribution is 1.03. The Morgan fingerprint density at radius 3 is 2.14 bits per heavy atom. The number of anilines is 2. The predicted octanol–water partition coefficient (Wildman–Crippen LogP) is 2.70. The van der Waals surface area contributed by atoms with Crippen LogP contribution < -0.4 is 10.6 Å². The number of aryl methyl sites for hydroxylation is 1. The number of benzene rings is 1. The molecule has 0 saturated heterocycles. The first-order valence-corrected chi connectivity index (χ1v) is 6.93. The number of aromatic nitrogens is 1. The largest absolute Gasteiger partial charge is 0.383 e. The van der Waals surface area contributed by atoms with E-state index in [1.807, 2.05) is 50.2 Å². The van der Waals surface area contributed by atoms with Crippen molar-refractivity contribution < 1.29 is 0 Å². The average Bonchev–Trinajstić information content (AvgIpc) is 2.53. The van der Waals surface area contributed by atoms with Crippen molar-refractivity contribution >= 4 is 11.5 Å². The van der Waals surface area contributed by atoms with Gasteiger partial charge in [0.25, 0.3) is 0 Å². The van der Waals surface area contributed by atoms with Gasteiger partial charge >= 0.3 is 0 Å². The number of nitrogen functional groups attached to an aromatic ring is 1. The lowest BCUT2D eigenvalue weighted by Crippen LogP contribution is -2.08. The second-order valence-electron chi connectivity index (χ2n) is 5.09. The molecule has 22 heavy (non-hydrogen) atoms. The Hall–Kier alpha value is -3.05. The molecule has 5 heteroatoms. The highest BCUT2D eigenvalue weighted by molar-refractivity contribution is 5.82. The van der Waals surface area contributed by atoms with E-state index in [2.05, 4.69) is 17.1 Å². The molecule has 0 spiro atoms. The zero-order chi connectivity index (χ0) is 16.3.